The van der Waals surface area contributed by atoms with Crippen LogP contribution in [0.3, 0.4) is 0 Å². The van der Waals surface area contributed by atoms with Gasteiger partial charge in [-0.3, -0.25) is 0 Å². The minimum atomic E-state index is -3.64. The van der Waals surface area contributed by atoms with Crippen molar-refractivity contribution in [3.63, 3.8) is 0 Å². The number of fused-ring (bicyclic) bond motifs is 1. The Morgan fingerprint density at radius 3 is 2.38 bits per heavy atom. The van der Waals surface area contributed by atoms with Gasteiger partial charge in [0.1, 0.15) is 5.01 Å². The molecule has 0 bridgehead atoms. The Balaban J connectivity index is 1.69. The molecular formula is C21H22N4O2S2. The minimum Gasteiger partial charge on any atom is -0.217 e. The first-order valence-corrected chi connectivity index (χ1v) is 11.8. The van der Waals surface area contributed by atoms with E-state index in [2.05, 4.69) is 9.82 Å². The lowest BCUT2D eigenvalue weighted by molar-refractivity contribution is 0.579. The van der Waals surface area contributed by atoms with Crippen LogP contribution in [0, 0.1) is 0 Å². The summed E-state index contributed by atoms with van der Waals surface area (Å²) in [6.45, 7) is 4.19. The normalized spacial score (nSPS) is 11.9. The quantitative estimate of drug-likeness (QED) is 0.483. The molecule has 0 saturated heterocycles. The largest absolute Gasteiger partial charge is 0.240 e. The van der Waals surface area contributed by atoms with E-state index in [1.165, 1.54) is 11.3 Å². The Labute approximate surface area is 174 Å². The molecule has 0 fully saturated rings. The van der Waals surface area contributed by atoms with Crippen LogP contribution in [0.15, 0.2) is 59.5 Å². The van der Waals surface area contributed by atoms with Crippen LogP contribution in [0.1, 0.15) is 30.1 Å². The number of imidazole rings is 1. The molecule has 0 aliphatic heterocycles. The van der Waals surface area contributed by atoms with E-state index in [0.717, 1.165) is 45.3 Å². The van der Waals surface area contributed by atoms with Crippen molar-refractivity contribution in [2.45, 2.75) is 38.1 Å². The van der Waals surface area contributed by atoms with E-state index in [1.54, 1.807) is 16.6 Å². The highest BCUT2D eigenvalue weighted by atomic mass is 32.2. The Morgan fingerprint density at radius 1 is 1.00 bits per heavy atom. The van der Waals surface area contributed by atoms with Gasteiger partial charge in [0.15, 0.2) is 0 Å². The zero-order chi connectivity index (χ0) is 20.4. The molecule has 4 rings (SSSR count). The zero-order valence-electron chi connectivity index (χ0n) is 16.3. The summed E-state index contributed by atoms with van der Waals surface area (Å²) in [5.74, 6) is 0. The molecule has 4 aromatic rings. The molecule has 2 heterocycles. The third-order valence-electron chi connectivity index (χ3n) is 4.76. The van der Waals surface area contributed by atoms with Gasteiger partial charge in [-0.15, -0.1) is 0 Å². The summed E-state index contributed by atoms with van der Waals surface area (Å²) in [6, 6.07) is 16.7. The third-order valence-corrected chi connectivity index (χ3v) is 7.23. The average molecular weight is 427 g/mol. The van der Waals surface area contributed by atoms with Gasteiger partial charge in [0, 0.05) is 5.56 Å². The minimum absolute atomic E-state index is 0.107. The van der Waals surface area contributed by atoms with Crippen molar-refractivity contribution in [1.82, 2.24) is 19.3 Å². The highest BCUT2D eigenvalue weighted by Crippen LogP contribution is 2.27. The van der Waals surface area contributed by atoms with Crippen LogP contribution in [-0.2, 0) is 29.4 Å². The fourth-order valence-electron chi connectivity index (χ4n) is 3.11. The van der Waals surface area contributed by atoms with E-state index < -0.39 is 10.0 Å². The molecule has 150 valence electrons. The van der Waals surface area contributed by atoms with E-state index in [0.29, 0.717) is 0 Å². The zero-order valence-corrected chi connectivity index (χ0v) is 17.9. The Morgan fingerprint density at radius 2 is 1.72 bits per heavy atom. The summed E-state index contributed by atoms with van der Waals surface area (Å²) in [5, 5.41) is 5.58. The molecule has 6 nitrogen and oxygen atoms in total. The van der Waals surface area contributed by atoms with Crippen molar-refractivity contribution < 1.29 is 8.42 Å². The monoisotopic (exact) mass is 426 g/mol. The summed E-state index contributed by atoms with van der Waals surface area (Å²) in [5.41, 5.74) is 3.51. The molecule has 0 saturated carbocycles. The lowest BCUT2D eigenvalue weighted by Gasteiger charge is -2.08. The van der Waals surface area contributed by atoms with E-state index in [1.807, 2.05) is 56.3 Å². The van der Waals surface area contributed by atoms with Crippen LogP contribution in [0.5, 0.6) is 0 Å². The number of nitrogens with zero attached hydrogens (tertiary/aromatic N) is 3. The second-order valence-electron chi connectivity index (χ2n) is 6.64. The van der Waals surface area contributed by atoms with E-state index in [-0.39, 0.29) is 11.4 Å². The molecule has 29 heavy (non-hydrogen) atoms. The van der Waals surface area contributed by atoms with Crippen molar-refractivity contribution in [3.8, 4) is 11.3 Å². The van der Waals surface area contributed by atoms with Crippen LogP contribution in [-0.4, -0.2) is 23.0 Å². The molecule has 2 aromatic heterocycles. The predicted molar refractivity (Wildman–Crippen MR) is 116 cm³/mol. The van der Waals surface area contributed by atoms with E-state index >= 15 is 0 Å². The summed E-state index contributed by atoms with van der Waals surface area (Å²) in [4.78, 5) is 5.75. The number of aromatic nitrogens is 3. The fourth-order valence-corrected chi connectivity index (χ4v) is 4.95. The number of nitrogens with one attached hydrogen (secondary N) is 1. The van der Waals surface area contributed by atoms with E-state index in [9.17, 15) is 8.42 Å². The molecular weight excluding hydrogens is 404 g/mol. The van der Waals surface area contributed by atoms with Gasteiger partial charge in [0.05, 0.1) is 22.8 Å². The Hall–Kier alpha value is -2.55. The van der Waals surface area contributed by atoms with Gasteiger partial charge >= 0.3 is 0 Å². The maximum absolute atomic E-state index is 12.8. The van der Waals surface area contributed by atoms with Crippen molar-refractivity contribution in [3.05, 3.63) is 70.9 Å². The molecule has 0 amide bonds. The van der Waals surface area contributed by atoms with Crippen molar-refractivity contribution in [2.24, 2.45) is 0 Å². The standard InChI is InChI=1S/C21H22N4O2S2/c1-3-15-10-12-17(13-11-15)29(26,27)22-14-18-20(16-8-6-5-7-9-16)23-21-25(18)24-19(4-2)28-21/h5-13,22H,3-4,14H2,1-2H3. The number of rotatable bonds is 7. The molecule has 0 unspecified atom stereocenters. The van der Waals surface area contributed by atoms with Crippen LogP contribution in [0.4, 0.5) is 0 Å². The van der Waals surface area contributed by atoms with Crippen LogP contribution >= 0.6 is 11.3 Å². The average Bonchev–Trinajstić information content (AvgIpc) is 3.30. The molecule has 0 aliphatic carbocycles. The smallest absolute Gasteiger partial charge is 0.217 e. The highest BCUT2D eigenvalue weighted by molar-refractivity contribution is 7.89. The van der Waals surface area contributed by atoms with Crippen molar-refractivity contribution in [1.29, 1.82) is 0 Å². The number of aryl methyl sites for hydroxylation is 2. The summed E-state index contributed by atoms with van der Waals surface area (Å²) >= 11 is 1.52. The van der Waals surface area contributed by atoms with Crippen molar-refractivity contribution >= 4 is 26.3 Å². The first-order chi connectivity index (χ1) is 14.0. The molecule has 2 aromatic carbocycles. The first-order valence-electron chi connectivity index (χ1n) is 9.53. The lowest BCUT2D eigenvalue weighted by Crippen LogP contribution is -2.24. The molecule has 0 spiro atoms. The maximum Gasteiger partial charge on any atom is 0.240 e. The summed E-state index contributed by atoms with van der Waals surface area (Å²) < 4.78 is 30.1. The van der Waals surface area contributed by atoms with Gasteiger partial charge in [-0.2, -0.15) is 5.10 Å². The Bertz CT molecular complexity index is 1230. The van der Waals surface area contributed by atoms with Crippen LogP contribution in [0.2, 0.25) is 0 Å². The van der Waals surface area contributed by atoms with Crippen molar-refractivity contribution in [2.75, 3.05) is 0 Å². The topological polar surface area (TPSA) is 76.4 Å². The number of sulfonamides is 1. The first kappa shape index (κ1) is 19.8. The highest BCUT2D eigenvalue weighted by Gasteiger charge is 2.21. The van der Waals surface area contributed by atoms with Gasteiger partial charge in [-0.1, -0.05) is 67.6 Å². The van der Waals surface area contributed by atoms with Crippen LogP contribution in [0.25, 0.3) is 16.2 Å². The van der Waals surface area contributed by atoms with Crippen LogP contribution < -0.4 is 4.72 Å². The molecule has 1 N–H and O–H groups in total. The number of hydrogen-bond donors (Lipinski definition) is 1. The van der Waals surface area contributed by atoms with Gasteiger partial charge in [0.25, 0.3) is 0 Å². The number of hydrogen-bond acceptors (Lipinski definition) is 5. The summed E-state index contributed by atoms with van der Waals surface area (Å²) in [6.07, 6.45) is 1.68. The lowest BCUT2D eigenvalue weighted by atomic mass is 10.1. The molecule has 8 heteroatoms. The van der Waals surface area contributed by atoms with Gasteiger partial charge in [0.2, 0.25) is 15.0 Å². The molecule has 0 aliphatic rings. The van der Waals surface area contributed by atoms with Gasteiger partial charge < -0.3 is 0 Å². The second kappa shape index (κ2) is 8.06. The van der Waals surface area contributed by atoms with E-state index in [4.69, 9.17) is 4.98 Å². The Kier molecular flexibility index (Phi) is 5.49. The predicted octanol–water partition coefficient (Wildman–Crippen LogP) is 4.06. The van der Waals surface area contributed by atoms with Gasteiger partial charge in [-0.05, 0) is 30.5 Å². The molecule has 0 atom stereocenters. The number of benzene rings is 2. The second-order valence-corrected chi connectivity index (χ2v) is 9.45. The maximum atomic E-state index is 12.8. The van der Waals surface area contributed by atoms with Gasteiger partial charge in [-0.25, -0.2) is 22.6 Å². The summed E-state index contributed by atoms with van der Waals surface area (Å²) in [7, 11) is -3.64. The fraction of sp³-hybridized carbons (Fsp3) is 0.238. The third kappa shape index (κ3) is 3.96. The molecule has 0 radical (unpaired) electrons. The SMILES string of the molecule is CCc1ccc(S(=O)(=O)NCc2c(-c3ccccc3)nc3sc(CC)nn23)cc1.